The van der Waals surface area contributed by atoms with Gasteiger partial charge in [-0.3, -0.25) is 4.68 Å². The average Bonchev–Trinajstić information content (AvgIpc) is 2.93. The van der Waals surface area contributed by atoms with E-state index >= 15 is 0 Å². The third-order valence-electron chi connectivity index (χ3n) is 3.42. The van der Waals surface area contributed by atoms with Crippen molar-refractivity contribution in [1.82, 2.24) is 9.78 Å². The molecule has 0 saturated heterocycles. The third-order valence-corrected chi connectivity index (χ3v) is 3.42. The molecule has 0 N–H and O–H groups in total. The zero-order valence-electron chi connectivity index (χ0n) is 12.0. The van der Waals surface area contributed by atoms with E-state index in [-0.39, 0.29) is 0 Å². The van der Waals surface area contributed by atoms with Crippen molar-refractivity contribution in [3.05, 3.63) is 47.8 Å². The van der Waals surface area contributed by atoms with Crippen molar-refractivity contribution in [2.75, 3.05) is 0 Å². The maximum atomic E-state index is 5.74. The zero-order valence-corrected chi connectivity index (χ0v) is 12.0. The summed E-state index contributed by atoms with van der Waals surface area (Å²) in [6, 6.07) is 10.7. The number of nitrogens with zero attached hydrogens (tertiary/aromatic N) is 2. The summed E-state index contributed by atoms with van der Waals surface area (Å²) in [4.78, 5) is 0. The SMILES string of the molecule is CCc1ccc(OCc2ccn(C(C)CC)n2)cc1. The topological polar surface area (TPSA) is 27.1 Å². The van der Waals surface area contributed by atoms with Crippen LogP contribution in [0, 0.1) is 0 Å². The van der Waals surface area contributed by atoms with Crippen LogP contribution in [0.5, 0.6) is 5.75 Å². The summed E-state index contributed by atoms with van der Waals surface area (Å²) in [7, 11) is 0. The summed E-state index contributed by atoms with van der Waals surface area (Å²) in [5, 5.41) is 4.52. The summed E-state index contributed by atoms with van der Waals surface area (Å²) in [5.74, 6) is 0.898. The molecule has 3 nitrogen and oxygen atoms in total. The highest BCUT2D eigenvalue weighted by molar-refractivity contribution is 5.27. The molecule has 1 heterocycles. The first kappa shape index (κ1) is 13.7. The van der Waals surface area contributed by atoms with Gasteiger partial charge in [-0.25, -0.2) is 0 Å². The Morgan fingerprint density at radius 1 is 1.16 bits per heavy atom. The van der Waals surface area contributed by atoms with Gasteiger partial charge in [0, 0.05) is 12.2 Å². The largest absolute Gasteiger partial charge is 0.487 e. The van der Waals surface area contributed by atoms with E-state index in [2.05, 4.69) is 38.0 Å². The van der Waals surface area contributed by atoms with E-state index in [1.54, 1.807) is 0 Å². The standard InChI is InChI=1S/C16H22N2O/c1-4-13(3)18-11-10-15(17-18)12-19-16-8-6-14(5-2)7-9-16/h6-11,13H,4-5,12H2,1-3H3. The fourth-order valence-corrected chi connectivity index (χ4v) is 1.87. The van der Waals surface area contributed by atoms with Gasteiger partial charge in [0.25, 0.3) is 0 Å². The number of benzene rings is 1. The van der Waals surface area contributed by atoms with Crippen LogP contribution >= 0.6 is 0 Å². The van der Waals surface area contributed by atoms with Gasteiger partial charge in [-0.2, -0.15) is 5.10 Å². The first-order chi connectivity index (χ1) is 9.22. The van der Waals surface area contributed by atoms with E-state index in [1.807, 2.05) is 29.1 Å². The second kappa shape index (κ2) is 6.41. The van der Waals surface area contributed by atoms with Crippen LogP contribution in [0.1, 0.15) is 44.5 Å². The minimum atomic E-state index is 0.442. The van der Waals surface area contributed by atoms with Crippen molar-refractivity contribution < 1.29 is 4.74 Å². The van der Waals surface area contributed by atoms with Crippen LogP contribution in [0.3, 0.4) is 0 Å². The molecule has 2 aromatic rings. The highest BCUT2D eigenvalue weighted by Crippen LogP contribution is 2.15. The predicted molar refractivity (Wildman–Crippen MR) is 77.4 cm³/mol. The fourth-order valence-electron chi connectivity index (χ4n) is 1.87. The van der Waals surface area contributed by atoms with Crippen molar-refractivity contribution in [2.24, 2.45) is 0 Å². The smallest absolute Gasteiger partial charge is 0.132 e. The average molecular weight is 258 g/mol. The van der Waals surface area contributed by atoms with E-state index in [4.69, 9.17) is 4.74 Å². The van der Waals surface area contributed by atoms with Crippen molar-refractivity contribution in [3.63, 3.8) is 0 Å². The Labute approximate surface area is 115 Å². The van der Waals surface area contributed by atoms with Crippen molar-refractivity contribution in [1.29, 1.82) is 0 Å². The van der Waals surface area contributed by atoms with Crippen molar-refractivity contribution in [2.45, 2.75) is 46.3 Å². The normalized spacial score (nSPS) is 12.4. The summed E-state index contributed by atoms with van der Waals surface area (Å²) in [5.41, 5.74) is 2.30. The molecule has 0 fully saturated rings. The van der Waals surface area contributed by atoms with Crippen LogP contribution in [-0.4, -0.2) is 9.78 Å². The van der Waals surface area contributed by atoms with Crippen LogP contribution in [0.4, 0.5) is 0 Å². The second-order valence-electron chi connectivity index (χ2n) is 4.83. The van der Waals surface area contributed by atoms with Crippen molar-refractivity contribution >= 4 is 0 Å². The maximum Gasteiger partial charge on any atom is 0.132 e. The van der Waals surface area contributed by atoms with Gasteiger partial charge in [0.15, 0.2) is 0 Å². The van der Waals surface area contributed by atoms with Gasteiger partial charge in [-0.1, -0.05) is 26.0 Å². The monoisotopic (exact) mass is 258 g/mol. The molecule has 0 bridgehead atoms. The molecule has 0 spiro atoms. The lowest BCUT2D eigenvalue weighted by Crippen LogP contribution is -2.05. The Kier molecular flexibility index (Phi) is 4.61. The molecule has 1 aromatic heterocycles. The predicted octanol–water partition coefficient (Wildman–Crippen LogP) is 4.00. The van der Waals surface area contributed by atoms with E-state index in [9.17, 15) is 0 Å². The van der Waals surface area contributed by atoms with E-state index in [1.165, 1.54) is 5.56 Å². The van der Waals surface area contributed by atoms with Crippen LogP contribution in [0.15, 0.2) is 36.5 Å². The van der Waals surface area contributed by atoms with Gasteiger partial charge in [0.1, 0.15) is 12.4 Å². The molecule has 0 aliphatic carbocycles. The molecule has 1 aromatic carbocycles. The quantitative estimate of drug-likeness (QED) is 0.783. The lowest BCUT2D eigenvalue weighted by atomic mass is 10.2. The van der Waals surface area contributed by atoms with Crippen LogP contribution in [-0.2, 0) is 13.0 Å². The van der Waals surface area contributed by atoms with E-state index in [0.29, 0.717) is 12.6 Å². The molecule has 0 aliphatic heterocycles. The Bertz CT molecular complexity index is 502. The van der Waals surface area contributed by atoms with Crippen molar-refractivity contribution in [3.8, 4) is 5.75 Å². The second-order valence-corrected chi connectivity index (χ2v) is 4.83. The molecule has 102 valence electrons. The molecule has 19 heavy (non-hydrogen) atoms. The zero-order chi connectivity index (χ0) is 13.7. The molecular formula is C16H22N2O. The Balaban J connectivity index is 1.92. The molecule has 0 amide bonds. The summed E-state index contributed by atoms with van der Waals surface area (Å²) >= 11 is 0. The Morgan fingerprint density at radius 3 is 2.53 bits per heavy atom. The minimum Gasteiger partial charge on any atom is -0.487 e. The molecule has 3 heteroatoms. The van der Waals surface area contributed by atoms with Gasteiger partial charge in [-0.05, 0) is 43.5 Å². The number of ether oxygens (including phenoxy) is 1. The van der Waals surface area contributed by atoms with Gasteiger partial charge in [0.05, 0.1) is 5.69 Å². The van der Waals surface area contributed by atoms with Gasteiger partial charge in [-0.15, -0.1) is 0 Å². The molecular weight excluding hydrogens is 236 g/mol. The lowest BCUT2D eigenvalue weighted by Gasteiger charge is -2.08. The summed E-state index contributed by atoms with van der Waals surface area (Å²) in [6.45, 7) is 7.01. The molecule has 0 radical (unpaired) electrons. The summed E-state index contributed by atoms with van der Waals surface area (Å²) in [6.07, 6.45) is 4.16. The third kappa shape index (κ3) is 3.60. The number of aromatic nitrogens is 2. The van der Waals surface area contributed by atoms with E-state index < -0.39 is 0 Å². The molecule has 2 rings (SSSR count). The lowest BCUT2D eigenvalue weighted by molar-refractivity contribution is 0.298. The van der Waals surface area contributed by atoms with Gasteiger partial charge >= 0.3 is 0 Å². The number of hydrogen-bond donors (Lipinski definition) is 0. The highest BCUT2D eigenvalue weighted by atomic mass is 16.5. The number of aryl methyl sites for hydroxylation is 1. The van der Waals surface area contributed by atoms with Gasteiger partial charge in [0.2, 0.25) is 0 Å². The van der Waals surface area contributed by atoms with Crippen LogP contribution in [0.2, 0.25) is 0 Å². The molecule has 0 saturated carbocycles. The van der Waals surface area contributed by atoms with Crippen LogP contribution in [0.25, 0.3) is 0 Å². The Hall–Kier alpha value is -1.77. The highest BCUT2D eigenvalue weighted by Gasteiger charge is 2.05. The van der Waals surface area contributed by atoms with Gasteiger partial charge < -0.3 is 4.74 Å². The Morgan fingerprint density at radius 2 is 1.89 bits per heavy atom. The van der Waals surface area contributed by atoms with E-state index in [0.717, 1.165) is 24.3 Å². The van der Waals surface area contributed by atoms with Crippen LogP contribution < -0.4 is 4.74 Å². The molecule has 0 aliphatic rings. The molecule has 1 atom stereocenters. The minimum absolute atomic E-state index is 0.442. The first-order valence-electron chi connectivity index (χ1n) is 6.98. The number of hydrogen-bond acceptors (Lipinski definition) is 2. The molecule has 1 unspecified atom stereocenters. The number of rotatable bonds is 6. The fraction of sp³-hybridized carbons (Fsp3) is 0.438. The maximum absolute atomic E-state index is 5.74. The first-order valence-corrected chi connectivity index (χ1v) is 6.98. The summed E-state index contributed by atoms with van der Waals surface area (Å²) < 4.78 is 7.74.